The second-order valence-corrected chi connectivity index (χ2v) is 7.12. The highest BCUT2D eigenvalue weighted by molar-refractivity contribution is 6.24. The van der Waals surface area contributed by atoms with Crippen molar-refractivity contribution in [2.75, 3.05) is 10.2 Å². The third-order valence-electron chi connectivity index (χ3n) is 5.01. The number of halogens is 3. The van der Waals surface area contributed by atoms with E-state index in [0.717, 1.165) is 17.0 Å². The van der Waals surface area contributed by atoms with E-state index in [2.05, 4.69) is 15.0 Å². The number of anilines is 2. The lowest BCUT2D eigenvalue weighted by Gasteiger charge is -2.21. The van der Waals surface area contributed by atoms with Crippen LogP contribution in [0.15, 0.2) is 42.6 Å². The minimum atomic E-state index is -4.84. The average molecular weight is 435 g/mol. The maximum Gasteiger partial charge on any atom is 0.573 e. The maximum absolute atomic E-state index is 13.1. The molecule has 1 saturated heterocycles. The molecular weight excluding hydrogens is 419 g/mol. The summed E-state index contributed by atoms with van der Waals surface area (Å²) >= 11 is 0. The van der Waals surface area contributed by atoms with Crippen molar-refractivity contribution in [1.82, 2.24) is 9.88 Å². The van der Waals surface area contributed by atoms with Crippen LogP contribution in [0.5, 0.6) is 5.75 Å². The highest BCUT2D eigenvalue weighted by Crippen LogP contribution is 2.49. The van der Waals surface area contributed by atoms with Crippen LogP contribution < -0.4 is 20.7 Å². The van der Waals surface area contributed by atoms with Gasteiger partial charge in [0.15, 0.2) is 0 Å². The number of benzene rings is 1. The van der Waals surface area contributed by atoms with Crippen molar-refractivity contribution in [2.24, 2.45) is 5.73 Å². The van der Waals surface area contributed by atoms with Gasteiger partial charge < -0.3 is 15.4 Å². The number of ether oxygens (including phenoxy) is 1. The third kappa shape index (κ3) is 3.96. The number of rotatable bonds is 5. The quantitative estimate of drug-likeness (QED) is 0.700. The van der Waals surface area contributed by atoms with Crippen LogP contribution in [0.4, 0.5) is 34.3 Å². The number of nitrogens with two attached hydrogens (primary N) is 1. The van der Waals surface area contributed by atoms with E-state index in [1.807, 2.05) is 0 Å². The van der Waals surface area contributed by atoms with Crippen LogP contribution in [0.25, 0.3) is 0 Å². The van der Waals surface area contributed by atoms with E-state index in [9.17, 15) is 27.6 Å². The van der Waals surface area contributed by atoms with Gasteiger partial charge in [-0.15, -0.1) is 13.2 Å². The fourth-order valence-electron chi connectivity index (χ4n) is 3.51. The van der Waals surface area contributed by atoms with Crippen LogP contribution in [0, 0.1) is 0 Å². The van der Waals surface area contributed by atoms with Crippen molar-refractivity contribution in [2.45, 2.75) is 31.3 Å². The number of hydrogen-bond acceptors (Lipinski definition) is 5. The lowest BCUT2D eigenvalue weighted by molar-refractivity contribution is -0.274. The number of hydrogen-bond donors (Lipinski definition) is 2. The number of carbonyl (C=O) groups excluding carboxylic acids is 3. The number of amides is 5. The SMILES string of the molecule is NC(=O)Nc1cc(CN2C(=O)N(c3ccc(OC(F)(F)F)cc3)C(=O)C23CC3)ccn1. The summed E-state index contributed by atoms with van der Waals surface area (Å²) < 4.78 is 40.9. The fourth-order valence-corrected chi connectivity index (χ4v) is 3.51. The van der Waals surface area contributed by atoms with Crippen LogP contribution in [0.1, 0.15) is 18.4 Å². The van der Waals surface area contributed by atoms with Crippen LogP contribution in [0.3, 0.4) is 0 Å². The largest absolute Gasteiger partial charge is 0.573 e. The van der Waals surface area contributed by atoms with E-state index in [4.69, 9.17) is 5.73 Å². The van der Waals surface area contributed by atoms with Crippen LogP contribution >= 0.6 is 0 Å². The molecule has 12 heteroatoms. The van der Waals surface area contributed by atoms with Gasteiger partial charge in [0.2, 0.25) is 0 Å². The van der Waals surface area contributed by atoms with Gasteiger partial charge in [0, 0.05) is 12.7 Å². The second kappa shape index (κ2) is 7.15. The first-order chi connectivity index (χ1) is 14.6. The van der Waals surface area contributed by atoms with Crippen molar-refractivity contribution < 1.29 is 32.3 Å². The summed E-state index contributed by atoms with van der Waals surface area (Å²) in [6, 6.07) is 6.30. The molecule has 0 unspecified atom stereocenters. The molecule has 1 spiro atoms. The maximum atomic E-state index is 13.1. The molecule has 4 rings (SSSR count). The zero-order chi connectivity index (χ0) is 22.4. The number of carbonyl (C=O) groups is 3. The van der Waals surface area contributed by atoms with Gasteiger partial charge in [-0.05, 0) is 54.8 Å². The molecule has 1 saturated carbocycles. The highest BCUT2D eigenvalue weighted by atomic mass is 19.4. The van der Waals surface area contributed by atoms with Gasteiger partial charge in [-0.3, -0.25) is 10.1 Å². The van der Waals surface area contributed by atoms with E-state index >= 15 is 0 Å². The van der Waals surface area contributed by atoms with E-state index in [1.54, 1.807) is 6.07 Å². The molecule has 162 valence electrons. The molecule has 2 heterocycles. The monoisotopic (exact) mass is 435 g/mol. The molecule has 1 aliphatic carbocycles. The number of nitrogens with one attached hydrogen (secondary N) is 1. The molecule has 2 aromatic rings. The number of pyridine rings is 1. The summed E-state index contributed by atoms with van der Waals surface area (Å²) in [5.74, 6) is -0.698. The third-order valence-corrected chi connectivity index (χ3v) is 5.01. The molecule has 2 fully saturated rings. The Bertz CT molecular complexity index is 1050. The van der Waals surface area contributed by atoms with Gasteiger partial charge in [-0.1, -0.05) is 0 Å². The first kappa shape index (κ1) is 20.4. The predicted molar refractivity (Wildman–Crippen MR) is 101 cm³/mol. The molecule has 2 aliphatic rings. The van der Waals surface area contributed by atoms with Crippen molar-refractivity contribution >= 4 is 29.5 Å². The van der Waals surface area contributed by atoms with Crippen molar-refractivity contribution in [3.05, 3.63) is 48.2 Å². The smallest absolute Gasteiger partial charge is 0.406 e. The minimum Gasteiger partial charge on any atom is -0.406 e. The molecule has 5 amide bonds. The molecule has 1 aromatic heterocycles. The zero-order valence-electron chi connectivity index (χ0n) is 15.8. The Kier molecular flexibility index (Phi) is 4.71. The number of imide groups is 1. The lowest BCUT2D eigenvalue weighted by Crippen LogP contribution is -2.36. The summed E-state index contributed by atoms with van der Waals surface area (Å²) in [7, 11) is 0. The topological polar surface area (TPSA) is 118 Å². The average Bonchev–Trinajstić information content (AvgIpc) is 3.44. The number of aromatic nitrogens is 1. The van der Waals surface area contributed by atoms with Gasteiger partial charge in [0.1, 0.15) is 17.1 Å². The lowest BCUT2D eigenvalue weighted by atomic mass is 10.2. The van der Waals surface area contributed by atoms with Gasteiger partial charge in [0.25, 0.3) is 5.91 Å². The second-order valence-electron chi connectivity index (χ2n) is 7.12. The standard InChI is InChI=1S/C19H16F3N5O4/c20-19(21,22)31-13-3-1-12(2-4-13)27-15(28)18(6-7-18)26(17(27)30)10-11-5-8-24-14(9-11)25-16(23)29/h1-5,8-9H,6-7,10H2,(H3,23,24,25,29). The Morgan fingerprint density at radius 3 is 2.45 bits per heavy atom. The van der Waals surface area contributed by atoms with E-state index in [0.29, 0.717) is 18.4 Å². The summed E-state index contributed by atoms with van der Waals surface area (Å²) in [6.07, 6.45) is -2.47. The molecule has 0 radical (unpaired) electrons. The zero-order valence-corrected chi connectivity index (χ0v) is 15.8. The fraction of sp³-hybridized carbons (Fsp3) is 0.263. The summed E-state index contributed by atoms with van der Waals surface area (Å²) in [4.78, 5) is 43.4. The van der Waals surface area contributed by atoms with Crippen LogP contribution in [-0.2, 0) is 11.3 Å². The Morgan fingerprint density at radius 2 is 1.87 bits per heavy atom. The Morgan fingerprint density at radius 1 is 1.19 bits per heavy atom. The van der Waals surface area contributed by atoms with Gasteiger partial charge >= 0.3 is 18.4 Å². The van der Waals surface area contributed by atoms with Crippen LogP contribution in [-0.4, -0.2) is 39.8 Å². The Labute approximate surface area is 173 Å². The molecular formula is C19H16F3N5O4. The number of primary amides is 1. The number of alkyl halides is 3. The van der Waals surface area contributed by atoms with Crippen LogP contribution in [0.2, 0.25) is 0 Å². The van der Waals surface area contributed by atoms with Crippen molar-refractivity contribution in [1.29, 1.82) is 0 Å². The van der Waals surface area contributed by atoms with E-state index in [1.165, 1.54) is 29.3 Å². The number of nitrogens with zero attached hydrogens (tertiary/aromatic N) is 3. The summed E-state index contributed by atoms with van der Waals surface area (Å²) in [5, 5.41) is 2.34. The normalized spacial score (nSPS) is 17.3. The van der Waals surface area contributed by atoms with Crippen molar-refractivity contribution in [3.63, 3.8) is 0 Å². The van der Waals surface area contributed by atoms with Gasteiger partial charge in [0.05, 0.1) is 5.69 Å². The Balaban J connectivity index is 1.56. The van der Waals surface area contributed by atoms with E-state index < -0.39 is 35.6 Å². The number of urea groups is 2. The molecule has 1 aromatic carbocycles. The summed E-state index contributed by atoms with van der Waals surface area (Å²) in [5.41, 5.74) is 4.85. The van der Waals surface area contributed by atoms with Gasteiger partial charge in [-0.25, -0.2) is 19.5 Å². The first-order valence-corrected chi connectivity index (χ1v) is 9.12. The molecule has 0 atom stereocenters. The summed E-state index contributed by atoms with van der Waals surface area (Å²) in [6.45, 7) is 0.0757. The Hall–Kier alpha value is -3.83. The molecule has 0 bridgehead atoms. The van der Waals surface area contributed by atoms with Crippen molar-refractivity contribution in [3.8, 4) is 5.75 Å². The van der Waals surface area contributed by atoms with E-state index in [-0.39, 0.29) is 18.1 Å². The molecule has 3 N–H and O–H groups in total. The molecule has 9 nitrogen and oxygen atoms in total. The first-order valence-electron chi connectivity index (χ1n) is 9.12. The molecule has 1 aliphatic heterocycles. The predicted octanol–water partition coefficient (Wildman–Crippen LogP) is 2.97. The molecule has 31 heavy (non-hydrogen) atoms. The highest BCUT2D eigenvalue weighted by Gasteiger charge is 2.65. The minimum absolute atomic E-state index is 0.0757. The van der Waals surface area contributed by atoms with Gasteiger partial charge in [-0.2, -0.15) is 0 Å².